The number of rotatable bonds is 2. The van der Waals surface area contributed by atoms with E-state index in [9.17, 15) is 0 Å². The van der Waals surface area contributed by atoms with Crippen molar-refractivity contribution in [2.75, 3.05) is 6.54 Å². The zero-order valence-corrected chi connectivity index (χ0v) is 15.0. The second-order valence-corrected chi connectivity index (χ2v) is 7.26. The van der Waals surface area contributed by atoms with Crippen molar-refractivity contribution in [2.45, 2.75) is 39.9 Å². The van der Waals surface area contributed by atoms with E-state index in [1.165, 1.54) is 16.7 Å². The molecule has 112 valence electrons. The summed E-state index contributed by atoms with van der Waals surface area (Å²) in [6.45, 7) is 9.43. The third-order valence-electron chi connectivity index (χ3n) is 4.15. The number of halogens is 1. The van der Waals surface area contributed by atoms with Crippen LogP contribution in [0.1, 0.15) is 26.3 Å². The van der Waals surface area contributed by atoms with Crippen molar-refractivity contribution in [1.82, 2.24) is 14.5 Å². The minimum Gasteiger partial charge on any atom is -0.331 e. The zero-order valence-electron chi connectivity index (χ0n) is 12.6. The van der Waals surface area contributed by atoms with Crippen LogP contribution in [-0.2, 0) is 13.1 Å². The van der Waals surface area contributed by atoms with Crippen LogP contribution in [0, 0.1) is 4.77 Å². The van der Waals surface area contributed by atoms with Gasteiger partial charge in [0.05, 0.1) is 11.0 Å². The molecule has 0 saturated carbocycles. The van der Waals surface area contributed by atoms with Gasteiger partial charge >= 0.3 is 0 Å². The Morgan fingerprint density at radius 2 is 2.24 bits per heavy atom. The molecule has 5 heteroatoms. The molecule has 0 saturated heterocycles. The molecule has 3 nitrogen and oxygen atoms in total. The first-order valence-corrected chi connectivity index (χ1v) is 8.45. The average Bonchev–Trinajstić information content (AvgIpc) is 2.64. The van der Waals surface area contributed by atoms with E-state index in [1.807, 2.05) is 0 Å². The first-order valence-electron chi connectivity index (χ1n) is 7.24. The highest BCUT2D eigenvalue weighted by Crippen LogP contribution is 2.31. The van der Waals surface area contributed by atoms with E-state index in [0.29, 0.717) is 6.04 Å². The summed E-state index contributed by atoms with van der Waals surface area (Å²) < 4.78 is 4.23. The molecule has 1 aliphatic rings. The summed E-state index contributed by atoms with van der Waals surface area (Å²) in [5, 5.41) is 0. The summed E-state index contributed by atoms with van der Waals surface area (Å²) >= 11 is 9.22. The number of aromatic amines is 1. The number of nitrogens with one attached hydrogen (secondary N) is 1. The molecule has 0 aliphatic carbocycles. The number of nitrogens with zero attached hydrogens (tertiary/aromatic N) is 2. The summed E-state index contributed by atoms with van der Waals surface area (Å²) in [4.78, 5) is 5.83. The van der Waals surface area contributed by atoms with Crippen molar-refractivity contribution in [1.29, 1.82) is 0 Å². The van der Waals surface area contributed by atoms with Crippen LogP contribution in [0.3, 0.4) is 0 Å². The van der Waals surface area contributed by atoms with Crippen molar-refractivity contribution in [2.24, 2.45) is 0 Å². The van der Waals surface area contributed by atoms with Crippen LogP contribution in [0.15, 0.2) is 28.3 Å². The zero-order chi connectivity index (χ0) is 15.1. The summed E-state index contributed by atoms with van der Waals surface area (Å²) in [5.74, 6) is 0. The Labute approximate surface area is 138 Å². The summed E-state index contributed by atoms with van der Waals surface area (Å²) in [7, 11) is 0. The number of aromatic nitrogens is 2. The monoisotopic (exact) mass is 365 g/mol. The van der Waals surface area contributed by atoms with Crippen molar-refractivity contribution in [3.8, 4) is 0 Å². The van der Waals surface area contributed by atoms with E-state index in [2.05, 4.69) is 69.4 Å². The molecule has 1 aromatic heterocycles. The van der Waals surface area contributed by atoms with E-state index < -0.39 is 0 Å². The van der Waals surface area contributed by atoms with E-state index in [-0.39, 0.29) is 0 Å². The molecule has 0 unspecified atom stereocenters. The first kappa shape index (κ1) is 15.0. The highest BCUT2D eigenvalue weighted by molar-refractivity contribution is 9.10. The smallest absolute Gasteiger partial charge is 0.178 e. The quantitative estimate of drug-likeness (QED) is 0.619. The standard InChI is InChI=1S/C16H20BrN3S/c1-10(2)6-7-19-9-12-13(17)4-5-14-15(12)20(8-11(19)3)16(21)18-14/h4-6,11H,7-9H2,1-3H3,(H,18,21)/t11-/m0/s1. The number of allylic oxidation sites excluding steroid dienone is 1. The molecule has 0 radical (unpaired) electrons. The Morgan fingerprint density at radius 3 is 2.95 bits per heavy atom. The molecule has 0 spiro atoms. The van der Waals surface area contributed by atoms with E-state index in [0.717, 1.165) is 34.4 Å². The third kappa shape index (κ3) is 2.74. The average molecular weight is 366 g/mol. The van der Waals surface area contributed by atoms with Crippen LogP contribution in [0.25, 0.3) is 11.0 Å². The molecule has 0 amide bonds. The Hall–Kier alpha value is -0.910. The lowest BCUT2D eigenvalue weighted by atomic mass is 10.1. The van der Waals surface area contributed by atoms with Gasteiger partial charge in [0.25, 0.3) is 0 Å². The van der Waals surface area contributed by atoms with Gasteiger partial charge in [0, 0.05) is 35.7 Å². The fourth-order valence-electron chi connectivity index (χ4n) is 2.91. The SMILES string of the molecule is CC(C)=CCN1Cc2c(Br)ccc3[nH]c(=S)n(c23)C[C@@H]1C. The molecule has 0 fully saturated rings. The molecule has 2 heterocycles. The first-order chi connectivity index (χ1) is 9.97. The largest absolute Gasteiger partial charge is 0.331 e. The van der Waals surface area contributed by atoms with E-state index in [4.69, 9.17) is 12.2 Å². The van der Waals surface area contributed by atoms with Crippen molar-refractivity contribution in [3.05, 3.63) is 38.6 Å². The maximum Gasteiger partial charge on any atom is 0.178 e. The minimum atomic E-state index is 0.450. The van der Waals surface area contributed by atoms with Gasteiger partial charge in [-0.1, -0.05) is 27.6 Å². The molecule has 21 heavy (non-hydrogen) atoms. The summed E-state index contributed by atoms with van der Waals surface area (Å²) in [5.41, 5.74) is 5.07. The number of benzene rings is 1. The van der Waals surface area contributed by atoms with Gasteiger partial charge in [0.2, 0.25) is 0 Å². The van der Waals surface area contributed by atoms with Crippen LogP contribution in [0.2, 0.25) is 0 Å². The summed E-state index contributed by atoms with van der Waals surface area (Å²) in [6.07, 6.45) is 2.30. The van der Waals surface area contributed by atoms with Crippen LogP contribution in [0.5, 0.6) is 0 Å². The highest BCUT2D eigenvalue weighted by atomic mass is 79.9. The molecule has 0 bridgehead atoms. The number of hydrogen-bond acceptors (Lipinski definition) is 2. The van der Waals surface area contributed by atoms with Crippen LogP contribution >= 0.6 is 28.1 Å². The Bertz CT molecular complexity index is 768. The lowest BCUT2D eigenvalue weighted by Gasteiger charge is -2.26. The molecule has 1 aliphatic heterocycles. The van der Waals surface area contributed by atoms with Gasteiger partial charge < -0.3 is 9.55 Å². The highest BCUT2D eigenvalue weighted by Gasteiger charge is 2.23. The molecule has 1 aromatic carbocycles. The third-order valence-corrected chi connectivity index (χ3v) is 5.21. The van der Waals surface area contributed by atoms with Gasteiger partial charge in [-0.25, -0.2) is 0 Å². The molecular formula is C16H20BrN3S. The molecule has 1 atom stereocenters. The van der Waals surface area contributed by atoms with Gasteiger partial charge in [0.1, 0.15) is 0 Å². The number of hydrogen-bond donors (Lipinski definition) is 1. The molecule has 1 N–H and O–H groups in total. The molecule has 2 aromatic rings. The molecular weight excluding hydrogens is 346 g/mol. The van der Waals surface area contributed by atoms with Crippen LogP contribution < -0.4 is 0 Å². The lowest BCUT2D eigenvalue weighted by Crippen LogP contribution is -2.34. The van der Waals surface area contributed by atoms with Crippen LogP contribution in [0.4, 0.5) is 0 Å². The molecule has 3 rings (SSSR count). The van der Waals surface area contributed by atoms with Gasteiger partial charge in [-0.2, -0.15) is 0 Å². The van der Waals surface area contributed by atoms with Gasteiger partial charge in [-0.05, 0) is 45.1 Å². The van der Waals surface area contributed by atoms with E-state index >= 15 is 0 Å². The van der Waals surface area contributed by atoms with Crippen LogP contribution in [-0.4, -0.2) is 27.0 Å². The van der Waals surface area contributed by atoms with Crippen molar-refractivity contribution >= 4 is 39.2 Å². The predicted octanol–water partition coefficient (Wildman–Crippen LogP) is 4.63. The maximum absolute atomic E-state index is 5.51. The summed E-state index contributed by atoms with van der Waals surface area (Å²) in [6, 6.07) is 4.67. The normalized spacial score (nSPS) is 18.8. The Morgan fingerprint density at radius 1 is 1.48 bits per heavy atom. The maximum atomic E-state index is 5.51. The van der Waals surface area contributed by atoms with Gasteiger partial charge in [-0.15, -0.1) is 0 Å². The van der Waals surface area contributed by atoms with Crippen molar-refractivity contribution in [3.63, 3.8) is 0 Å². The topological polar surface area (TPSA) is 24.0 Å². The Balaban J connectivity index is 2.12. The second-order valence-electron chi connectivity index (χ2n) is 6.02. The number of imidazole rings is 1. The fourth-order valence-corrected chi connectivity index (χ4v) is 3.63. The van der Waals surface area contributed by atoms with Gasteiger partial charge in [0.15, 0.2) is 4.77 Å². The number of H-pyrrole nitrogens is 1. The Kier molecular flexibility index (Phi) is 4.08. The fraction of sp³-hybridized carbons (Fsp3) is 0.438. The van der Waals surface area contributed by atoms with Crippen molar-refractivity contribution < 1.29 is 0 Å². The minimum absolute atomic E-state index is 0.450. The van der Waals surface area contributed by atoms with Gasteiger partial charge in [-0.3, -0.25) is 4.90 Å². The lowest BCUT2D eigenvalue weighted by molar-refractivity contribution is 0.210. The predicted molar refractivity (Wildman–Crippen MR) is 94.1 cm³/mol. The van der Waals surface area contributed by atoms with E-state index in [1.54, 1.807) is 0 Å². The second kappa shape index (κ2) is 5.71.